The van der Waals surface area contributed by atoms with Crippen molar-refractivity contribution >= 4 is 39.1 Å². The summed E-state index contributed by atoms with van der Waals surface area (Å²) in [5.41, 5.74) is 1.64. The summed E-state index contributed by atoms with van der Waals surface area (Å²) >= 11 is 6.12. The van der Waals surface area contributed by atoms with E-state index in [4.69, 9.17) is 21.1 Å². The van der Waals surface area contributed by atoms with Crippen molar-refractivity contribution in [2.45, 2.75) is 58.2 Å². The molecule has 0 unspecified atom stereocenters. The summed E-state index contributed by atoms with van der Waals surface area (Å²) in [6.45, 7) is 6.74. The summed E-state index contributed by atoms with van der Waals surface area (Å²) in [5, 5.41) is 3.61. The predicted molar refractivity (Wildman–Crippen MR) is 173 cm³/mol. The molecule has 0 aliphatic carbocycles. The van der Waals surface area contributed by atoms with Gasteiger partial charge in [0, 0.05) is 42.6 Å². The molecule has 9 nitrogen and oxygen atoms in total. The van der Waals surface area contributed by atoms with Gasteiger partial charge in [0.25, 0.3) is 0 Å². The van der Waals surface area contributed by atoms with E-state index in [1.165, 1.54) is 4.31 Å². The van der Waals surface area contributed by atoms with Crippen molar-refractivity contribution in [2.24, 2.45) is 0 Å². The summed E-state index contributed by atoms with van der Waals surface area (Å²) in [6.07, 6.45) is 1.70. The first-order valence-electron chi connectivity index (χ1n) is 14.6. The lowest BCUT2D eigenvalue weighted by molar-refractivity contribution is -0.142. The molecule has 236 valence electrons. The first-order chi connectivity index (χ1) is 20.8. The van der Waals surface area contributed by atoms with Crippen LogP contribution in [0.25, 0.3) is 0 Å². The Kier molecular flexibility index (Phi) is 10.8. The Hall–Kier alpha value is -3.76. The van der Waals surface area contributed by atoms with Crippen molar-refractivity contribution in [3.05, 3.63) is 88.9 Å². The maximum atomic E-state index is 14.0. The van der Waals surface area contributed by atoms with Gasteiger partial charge >= 0.3 is 0 Å². The molecule has 1 aliphatic rings. The van der Waals surface area contributed by atoms with Gasteiger partial charge in [0.05, 0.1) is 11.9 Å². The third-order valence-corrected chi connectivity index (χ3v) is 8.45. The molecule has 0 bridgehead atoms. The fraction of sp³-hybridized carbons (Fsp3) is 0.394. The number of amides is 2. The van der Waals surface area contributed by atoms with Crippen LogP contribution in [0.15, 0.2) is 72.8 Å². The molecule has 0 saturated heterocycles. The number of sulfonamides is 1. The highest BCUT2D eigenvalue weighted by atomic mass is 35.5. The molecule has 11 heteroatoms. The number of carbonyl (C=O) groups is 2. The topological polar surface area (TPSA) is 105 Å². The Morgan fingerprint density at radius 1 is 0.932 bits per heavy atom. The maximum Gasteiger partial charge on any atom is 0.243 e. The summed E-state index contributed by atoms with van der Waals surface area (Å²) in [7, 11) is -3.67. The quantitative estimate of drug-likeness (QED) is 0.291. The average Bonchev–Trinajstić information content (AvgIpc) is 2.96. The number of hydrogen-bond acceptors (Lipinski definition) is 6. The van der Waals surface area contributed by atoms with Crippen LogP contribution in [0.5, 0.6) is 11.5 Å². The normalized spacial score (nSPS) is 13.6. The van der Waals surface area contributed by atoms with E-state index in [1.54, 1.807) is 35.2 Å². The molecule has 1 heterocycles. The second kappa shape index (κ2) is 14.3. The van der Waals surface area contributed by atoms with Gasteiger partial charge in [-0.3, -0.25) is 13.9 Å². The molecular weight excluding hydrogens is 602 g/mol. The van der Waals surface area contributed by atoms with Gasteiger partial charge in [-0.2, -0.15) is 0 Å². The fourth-order valence-electron chi connectivity index (χ4n) is 4.98. The van der Waals surface area contributed by atoms with E-state index in [2.05, 4.69) is 5.32 Å². The second-order valence-electron chi connectivity index (χ2n) is 11.9. The summed E-state index contributed by atoms with van der Waals surface area (Å²) in [5.74, 6) is 0.499. The standard InChI is InChI=1S/C33H40ClN3O6S/c1-33(2,3)35-32(39)28(21-24-9-6-5-7-10-24)36(23-25-12-14-26(34)15-13-25)31(38)11-8-18-37(44(4,40)41)27-16-17-29-30(22-27)43-20-19-42-29/h5-7,9-10,12-17,22,28H,8,11,18-21,23H2,1-4H3,(H,35,39)/t28-/m1/s1. The zero-order valence-electron chi connectivity index (χ0n) is 25.6. The zero-order valence-corrected chi connectivity index (χ0v) is 27.2. The SMILES string of the molecule is CC(C)(C)NC(=O)[C@@H](Cc1ccccc1)N(Cc1ccc(Cl)cc1)C(=O)CCCN(c1ccc2c(c1)OCCO2)S(C)(=O)=O. The van der Waals surface area contributed by atoms with Gasteiger partial charge in [0.15, 0.2) is 11.5 Å². The highest BCUT2D eigenvalue weighted by molar-refractivity contribution is 7.92. The first kappa shape index (κ1) is 33.1. The average molecular weight is 642 g/mol. The van der Waals surface area contributed by atoms with E-state index in [-0.39, 0.29) is 37.7 Å². The van der Waals surface area contributed by atoms with Crippen LogP contribution in [0, 0.1) is 0 Å². The molecule has 44 heavy (non-hydrogen) atoms. The van der Waals surface area contributed by atoms with Crippen LogP contribution in [-0.2, 0) is 32.6 Å². The number of carbonyl (C=O) groups excluding carboxylic acids is 2. The largest absolute Gasteiger partial charge is 0.486 e. The Bertz CT molecular complexity index is 1540. The molecule has 0 spiro atoms. The van der Waals surface area contributed by atoms with Gasteiger partial charge in [-0.25, -0.2) is 8.42 Å². The highest BCUT2D eigenvalue weighted by Crippen LogP contribution is 2.35. The molecule has 1 atom stereocenters. The van der Waals surface area contributed by atoms with Crippen molar-refractivity contribution in [1.29, 1.82) is 0 Å². The fourth-order valence-corrected chi connectivity index (χ4v) is 6.07. The predicted octanol–water partition coefficient (Wildman–Crippen LogP) is 5.21. The van der Waals surface area contributed by atoms with Gasteiger partial charge in [-0.05, 0) is 62.6 Å². The van der Waals surface area contributed by atoms with Crippen molar-refractivity contribution in [3.63, 3.8) is 0 Å². The minimum absolute atomic E-state index is 0.0260. The van der Waals surface area contributed by atoms with E-state index in [0.29, 0.717) is 41.8 Å². The highest BCUT2D eigenvalue weighted by Gasteiger charge is 2.32. The Labute approximate surface area is 265 Å². The van der Waals surface area contributed by atoms with Crippen molar-refractivity contribution in [2.75, 3.05) is 30.3 Å². The maximum absolute atomic E-state index is 14.0. The van der Waals surface area contributed by atoms with Crippen molar-refractivity contribution < 1.29 is 27.5 Å². The van der Waals surface area contributed by atoms with E-state index < -0.39 is 21.6 Å². The number of nitrogens with one attached hydrogen (secondary N) is 1. The van der Waals surface area contributed by atoms with Gasteiger partial charge in [0.1, 0.15) is 19.3 Å². The van der Waals surface area contributed by atoms with Crippen LogP contribution >= 0.6 is 11.6 Å². The minimum atomic E-state index is -3.67. The van der Waals surface area contributed by atoms with Crippen LogP contribution in [-0.4, -0.2) is 62.7 Å². The Morgan fingerprint density at radius 3 is 2.23 bits per heavy atom. The molecule has 3 aromatic carbocycles. The molecule has 0 fully saturated rings. The smallest absolute Gasteiger partial charge is 0.243 e. The molecule has 1 N–H and O–H groups in total. The monoisotopic (exact) mass is 641 g/mol. The van der Waals surface area contributed by atoms with Crippen LogP contribution in [0.4, 0.5) is 5.69 Å². The molecule has 0 aromatic heterocycles. The summed E-state index contributed by atoms with van der Waals surface area (Å²) in [4.78, 5) is 29.3. The summed E-state index contributed by atoms with van der Waals surface area (Å²) < 4.78 is 38.1. The molecule has 4 rings (SSSR count). The number of hydrogen-bond donors (Lipinski definition) is 1. The lowest BCUT2D eigenvalue weighted by atomic mass is 10.00. The summed E-state index contributed by atoms with van der Waals surface area (Å²) in [6, 6.07) is 20.9. The van der Waals surface area contributed by atoms with E-state index in [0.717, 1.165) is 17.4 Å². The zero-order chi connectivity index (χ0) is 31.9. The number of halogens is 1. The lowest BCUT2D eigenvalue weighted by Gasteiger charge is -2.34. The van der Waals surface area contributed by atoms with Crippen LogP contribution in [0.2, 0.25) is 5.02 Å². The number of anilines is 1. The van der Waals surface area contributed by atoms with Gasteiger partial charge < -0.3 is 19.7 Å². The van der Waals surface area contributed by atoms with Gasteiger partial charge in [0.2, 0.25) is 21.8 Å². The molecule has 3 aromatic rings. The molecule has 0 saturated carbocycles. The van der Waals surface area contributed by atoms with Crippen molar-refractivity contribution in [3.8, 4) is 11.5 Å². The third kappa shape index (κ3) is 9.37. The Balaban J connectivity index is 1.58. The van der Waals surface area contributed by atoms with Crippen LogP contribution in [0.1, 0.15) is 44.7 Å². The van der Waals surface area contributed by atoms with E-state index >= 15 is 0 Å². The van der Waals surface area contributed by atoms with E-state index in [9.17, 15) is 18.0 Å². The number of ether oxygens (including phenoxy) is 2. The lowest BCUT2D eigenvalue weighted by Crippen LogP contribution is -2.54. The van der Waals surface area contributed by atoms with Crippen LogP contribution in [0.3, 0.4) is 0 Å². The minimum Gasteiger partial charge on any atom is -0.486 e. The Morgan fingerprint density at radius 2 is 1.59 bits per heavy atom. The number of fused-ring (bicyclic) bond motifs is 1. The van der Waals surface area contributed by atoms with E-state index in [1.807, 2.05) is 63.2 Å². The molecule has 0 radical (unpaired) electrons. The van der Waals surface area contributed by atoms with Crippen LogP contribution < -0.4 is 19.1 Å². The molecule has 1 aliphatic heterocycles. The third-order valence-electron chi connectivity index (χ3n) is 7.00. The number of benzene rings is 3. The number of nitrogens with zero attached hydrogens (tertiary/aromatic N) is 2. The van der Waals surface area contributed by atoms with Gasteiger partial charge in [-0.15, -0.1) is 0 Å². The number of rotatable bonds is 12. The second-order valence-corrected chi connectivity index (χ2v) is 14.2. The molecular formula is C33H40ClN3O6S. The van der Waals surface area contributed by atoms with Gasteiger partial charge in [-0.1, -0.05) is 54.1 Å². The molecule has 2 amide bonds. The van der Waals surface area contributed by atoms with Crippen molar-refractivity contribution in [1.82, 2.24) is 10.2 Å². The first-order valence-corrected chi connectivity index (χ1v) is 16.8.